The lowest BCUT2D eigenvalue weighted by molar-refractivity contribution is 0.0928. The second kappa shape index (κ2) is 6.06. The van der Waals surface area contributed by atoms with E-state index in [9.17, 15) is 4.79 Å². The van der Waals surface area contributed by atoms with Crippen LogP contribution >= 0.6 is 11.3 Å². The molecule has 1 aliphatic carbocycles. The zero-order valence-corrected chi connectivity index (χ0v) is 14.7. The van der Waals surface area contributed by atoms with Crippen LogP contribution in [0.5, 0.6) is 0 Å². The molecule has 0 saturated heterocycles. The van der Waals surface area contributed by atoms with Crippen LogP contribution in [0.2, 0.25) is 0 Å². The highest BCUT2D eigenvalue weighted by molar-refractivity contribution is 7.15. The number of fused-ring (bicyclic) bond motifs is 2. The van der Waals surface area contributed by atoms with Crippen LogP contribution in [-0.4, -0.2) is 30.1 Å². The second-order valence-corrected chi connectivity index (χ2v) is 7.16. The van der Waals surface area contributed by atoms with Crippen molar-refractivity contribution >= 4 is 22.2 Å². The zero-order valence-electron chi connectivity index (χ0n) is 13.9. The summed E-state index contributed by atoms with van der Waals surface area (Å²) in [6, 6.07) is 5.72. The van der Waals surface area contributed by atoms with E-state index in [0.717, 1.165) is 41.3 Å². The maximum atomic E-state index is 12.6. The lowest BCUT2D eigenvalue weighted by Crippen LogP contribution is -2.31. The third-order valence-electron chi connectivity index (χ3n) is 4.68. The molecule has 0 aromatic carbocycles. The molecule has 1 aliphatic rings. The molecule has 5 rings (SSSR count). The molecule has 4 aromatic heterocycles. The summed E-state index contributed by atoms with van der Waals surface area (Å²) in [4.78, 5) is 22.2. The van der Waals surface area contributed by atoms with E-state index >= 15 is 0 Å². The third-order valence-corrected chi connectivity index (χ3v) is 5.45. The number of nitrogens with one attached hydrogen (secondary N) is 1. The number of hydrogen-bond acceptors (Lipinski definition) is 5. The van der Waals surface area contributed by atoms with Gasteiger partial charge in [0, 0.05) is 29.5 Å². The highest BCUT2D eigenvalue weighted by atomic mass is 32.1. The van der Waals surface area contributed by atoms with Crippen LogP contribution in [0.1, 0.15) is 40.6 Å². The number of carbonyl (C=O) groups is 1. The molecule has 0 bridgehead atoms. The Kier molecular flexibility index (Phi) is 3.56. The first kappa shape index (κ1) is 15.3. The van der Waals surface area contributed by atoms with Crippen molar-refractivity contribution in [2.75, 3.05) is 0 Å². The first-order valence-electron chi connectivity index (χ1n) is 8.51. The molecular formula is C18H16N6OS. The van der Waals surface area contributed by atoms with Crippen LogP contribution in [-0.2, 0) is 6.42 Å². The smallest absolute Gasteiger partial charge is 0.272 e. The zero-order chi connectivity index (χ0) is 17.5. The average molecular weight is 364 g/mol. The number of thiazole rings is 1. The minimum absolute atomic E-state index is 0.0524. The highest BCUT2D eigenvalue weighted by Gasteiger charge is 2.27. The van der Waals surface area contributed by atoms with Crippen LogP contribution in [0.3, 0.4) is 0 Å². The third kappa shape index (κ3) is 2.50. The predicted molar refractivity (Wildman–Crippen MR) is 97.6 cm³/mol. The monoisotopic (exact) mass is 364 g/mol. The van der Waals surface area contributed by atoms with Gasteiger partial charge in [-0.1, -0.05) is 6.07 Å². The molecule has 1 atom stereocenters. The molecule has 7 nitrogen and oxygen atoms in total. The Bertz CT molecular complexity index is 1050. The fourth-order valence-corrected chi connectivity index (χ4v) is 4.15. The summed E-state index contributed by atoms with van der Waals surface area (Å²) in [5, 5.41) is 9.58. The van der Waals surface area contributed by atoms with Crippen molar-refractivity contribution < 1.29 is 4.79 Å². The molecule has 0 fully saturated rings. The summed E-state index contributed by atoms with van der Waals surface area (Å²) in [7, 11) is 0. The molecule has 4 aromatic rings. The molecule has 1 amide bonds. The summed E-state index contributed by atoms with van der Waals surface area (Å²) in [5.41, 5.74) is 2.63. The Balaban J connectivity index is 1.42. The van der Waals surface area contributed by atoms with Crippen molar-refractivity contribution in [3.8, 4) is 5.82 Å². The number of nitrogens with zero attached hydrogens (tertiary/aromatic N) is 5. The molecule has 1 N–H and O–H groups in total. The summed E-state index contributed by atoms with van der Waals surface area (Å²) in [6.45, 7) is 0. The molecule has 130 valence electrons. The molecule has 0 spiro atoms. The molecule has 0 aliphatic heterocycles. The first-order valence-corrected chi connectivity index (χ1v) is 9.39. The quantitative estimate of drug-likeness (QED) is 0.606. The van der Waals surface area contributed by atoms with E-state index in [0.29, 0.717) is 5.69 Å². The molecule has 0 radical (unpaired) electrons. The van der Waals surface area contributed by atoms with Crippen molar-refractivity contribution in [1.29, 1.82) is 0 Å². The van der Waals surface area contributed by atoms with Crippen molar-refractivity contribution in [1.82, 2.24) is 29.5 Å². The normalized spacial score (nSPS) is 16.5. The van der Waals surface area contributed by atoms with Gasteiger partial charge in [-0.2, -0.15) is 5.10 Å². The summed E-state index contributed by atoms with van der Waals surface area (Å²) in [5.74, 6) is 0.652. The van der Waals surface area contributed by atoms with E-state index in [1.807, 2.05) is 45.1 Å². The number of rotatable bonds is 3. The van der Waals surface area contributed by atoms with Gasteiger partial charge < -0.3 is 5.32 Å². The van der Waals surface area contributed by atoms with E-state index in [1.165, 1.54) is 11.3 Å². The maximum absolute atomic E-state index is 12.6. The molecule has 4 heterocycles. The van der Waals surface area contributed by atoms with Crippen molar-refractivity contribution in [3.05, 3.63) is 65.3 Å². The van der Waals surface area contributed by atoms with Crippen LogP contribution in [0.25, 0.3) is 10.8 Å². The van der Waals surface area contributed by atoms with Gasteiger partial charge in [-0.05, 0) is 31.4 Å². The van der Waals surface area contributed by atoms with Gasteiger partial charge in [0.1, 0.15) is 5.69 Å². The molecule has 26 heavy (non-hydrogen) atoms. The summed E-state index contributed by atoms with van der Waals surface area (Å²) in [6.07, 6.45) is 10.1. The van der Waals surface area contributed by atoms with Gasteiger partial charge >= 0.3 is 0 Å². The number of carbonyl (C=O) groups excluding carboxylic acids is 1. The number of hydrogen-bond donors (Lipinski definition) is 1. The van der Waals surface area contributed by atoms with Crippen LogP contribution in [0.4, 0.5) is 0 Å². The van der Waals surface area contributed by atoms with Gasteiger partial charge in [-0.25, -0.2) is 14.6 Å². The SMILES string of the molecule is O=C(N[C@H]1CCCc2c1cnn2-c1ccccn1)c1cn2ccsc2n1. The first-order chi connectivity index (χ1) is 12.8. The van der Waals surface area contributed by atoms with Crippen LogP contribution < -0.4 is 5.32 Å². The Labute approximate surface area is 153 Å². The maximum Gasteiger partial charge on any atom is 0.272 e. The lowest BCUT2D eigenvalue weighted by Gasteiger charge is -2.23. The summed E-state index contributed by atoms with van der Waals surface area (Å²) < 4.78 is 3.74. The Morgan fingerprint density at radius 1 is 1.35 bits per heavy atom. The number of amides is 1. The fourth-order valence-electron chi connectivity index (χ4n) is 3.45. The van der Waals surface area contributed by atoms with Gasteiger partial charge in [-0.15, -0.1) is 11.3 Å². The van der Waals surface area contributed by atoms with Crippen molar-refractivity contribution in [2.45, 2.75) is 25.3 Å². The van der Waals surface area contributed by atoms with Gasteiger partial charge in [0.05, 0.1) is 17.9 Å². The Morgan fingerprint density at radius 2 is 2.31 bits per heavy atom. The van der Waals surface area contributed by atoms with Crippen LogP contribution in [0.15, 0.2) is 48.4 Å². The second-order valence-electron chi connectivity index (χ2n) is 6.28. The highest BCUT2D eigenvalue weighted by Crippen LogP contribution is 2.31. The minimum Gasteiger partial charge on any atom is -0.344 e. The van der Waals surface area contributed by atoms with Gasteiger partial charge in [0.2, 0.25) is 0 Å². The number of imidazole rings is 1. The molecular weight excluding hydrogens is 348 g/mol. The van der Waals surface area contributed by atoms with E-state index in [1.54, 1.807) is 12.4 Å². The lowest BCUT2D eigenvalue weighted by atomic mass is 9.93. The number of pyridine rings is 1. The van der Waals surface area contributed by atoms with E-state index < -0.39 is 0 Å². The fraction of sp³-hybridized carbons (Fsp3) is 0.222. The standard InChI is InChI=1S/C18H16N6OS/c25-17(14-11-23-8-9-26-18(23)22-14)21-13-4-3-5-15-12(13)10-20-24(15)16-6-1-2-7-19-16/h1-2,6-11,13H,3-5H2,(H,21,25)/t13-/m0/s1. The predicted octanol–water partition coefficient (Wildman–Crippen LogP) is 2.78. The van der Waals surface area contributed by atoms with Gasteiger partial charge in [-0.3, -0.25) is 9.20 Å². The minimum atomic E-state index is -0.149. The van der Waals surface area contributed by atoms with Crippen LogP contribution in [0, 0.1) is 0 Å². The van der Waals surface area contributed by atoms with E-state index in [4.69, 9.17) is 0 Å². The largest absolute Gasteiger partial charge is 0.344 e. The van der Waals surface area contributed by atoms with Gasteiger partial charge in [0.15, 0.2) is 10.8 Å². The molecule has 8 heteroatoms. The van der Waals surface area contributed by atoms with Crippen molar-refractivity contribution in [3.63, 3.8) is 0 Å². The average Bonchev–Trinajstić information content (AvgIpc) is 3.37. The van der Waals surface area contributed by atoms with Gasteiger partial charge in [0.25, 0.3) is 5.91 Å². The Hall–Kier alpha value is -3.00. The van der Waals surface area contributed by atoms with E-state index in [2.05, 4.69) is 20.4 Å². The Morgan fingerprint density at radius 3 is 3.15 bits per heavy atom. The molecule has 0 saturated carbocycles. The summed E-state index contributed by atoms with van der Waals surface area (Å²) >= 11 is 1.51. The number of aromatic nitrogens is 5. The van der Waals surface area contributed by atoms with Crippen molar-refractivity contribution in [2.24, 2.45) is 0 Å². The van der Waals surface area contributed by atoms with E-state index in [-0.39, 0.29) is 11.9 Å². The molecule has 0 unspecified atom stereocenters. The topological polar surface area (TPSA) is 77.1 Å².